The Balaban J connectivity index is 1.67. The van der Waals surface area contributed by atoms with Gasteiger partial charge in [-0.2, -0.15) is 0 Å². The van der Waals surface area contributed by atoms with Crippen molar-refractivity contribution in [2.75, 3.05) is 0 Å². The molecular weight excluding hydrogens is 378 g/mol. The summed E-state index contributed by atoms with van der Waals surface area (Å²) in [5.41, 5.74) is 1.94. The van der Waals surface area contributed by atoms with Gasteiger partial charge in [0.25, 0.3) is 5.56 Å². The molecule has 0 atom stereocenters. The minimum Gasteiger partial charge on any atom is -0.309 e. The zero-order valence-corrected chi connectivity index (χ0v) is 16.2. The zero-order chi connectivity index (χ0) is 16.7. The summed E-state index contributed by atoms with van der Waals surface area (Å²) in [6, 6.07) is 4.14. The van der Waals surface area contributed by atoms with Crippen LogP contribution in [0.2, 0.25) is 0 Å². The Kier molecular flexibility index (Phi) is 4.29. The van der Waals surface area contributed by atoms with Crippen molar-refractivity contribution in [1.82, 2.24) is 15.0 Å². The Morgan fingerprint density at radius 2 is 2.04 bits per heavy atom. The summed E-state index contributed by atoms with van der Waals surface area (Å²) >= 11 is 6.44. The molecule has 4 aromatic rings. The highest BCUT2D eigenvalue weighted by Crippen LogP contribution is 2.35. The Bertz CT molecular complexity index is 1070. The van der Waals surface area contributed by atoms with E-state index in [1.807, 2.05) is 17.7 Å². The second-order valence-corrected chi connectivity index (χ2v) is 9.52. The van der Waals surface area contributed by atoms with Gasteiger partial charge in [0, 0.05) is 31.8 Å². The molecule has 122 valence electrons. The van der Waals surface area contributed by atoms with Gasteiger partial charge in [0.15, 0.2) is 4.34 Å². The Hall–Kier alpha value is -1.48. The number of nitrogens with one attached hydrogen (secondary N) is 1. The fourth-order valence-electron chi connectivity index (χ4n) is 2.35. The molecule has 0 bridgehead atoms. The smallest absolute Gasteiger partial charge is 0.260 e. The average molecular weight is 392 g/mol. The first kappa shape index (κ1) is 16.0. The molecule has 1 N–H and O–H groups in total. The van der Waals surface area contributed by atoms with Crippen molar-refractivity contribution in [3.8, 4) is 10.4 Å². The van der Waals surface area contributed by atoms with Crippen LogP contribution in [0.1, 0.15) is 16.4 Å². The summed E-state index contributed by atoms with van der Waals surface area (Å²) in [6.45, 7) is 4.05. The number of fused-ring (bicyclic) bond motifs is 1. The molecule has 0 unspecified atom stereocenters. The molecule has 0 saturated heterocycles. The number of thioether (sulfide) groups is 1. The fraction of sp³-hybridized carbons (Fsp3) is 0.188. The molecule has 0 aliphatic heterocycles. The van der Waals surface area contributed by atoms with Gasteiger partial charge >= 0.3 is 0 Å². The number of aryl methyl sites for hydroxylation is 2. The molecule has 0 aliphatic rings. The molecule has 4 nitrogen and oxygen atoms in total. The number of aromatic nitrogens is 3. The molecule has 0 amide bonds. The van der Waals surface area contributed by atoms with E-state index in [1.165, 1.54) is 16.2 Å². The van der Waals surface area contributed by atoms with Crippen LogP contribution in [0.25, 0.3) is 20.7 Å². The van der Waals surface area contributed by atoms with Crippen molar-refractivity contribution in [1.29, 1.82) is 0 Å². The van der Waals surface area contributed by atoms with Gasteiger partial charge in [-0.05, 0) is 26.0 Å². The van der Waals surface area contributed by atoms with Gasteiger partial charge < -0.3 is 4.98 Å². The van der Waals surface area contributed by atoms with E-state index >= 15 is 0 Å². The molecule has 0 aliphatic carbocycles. The molecule has 0 aromatic carbocycles. The van der Waals surface area contributed by atoms with Crippen LogP contribution in [-0.4, -0.2) is 15.0 Å². The van der Waals surface area contributed by atoms with Crippen LogP contribution < -0.4 is 5.56 Å². The lowest BCUT2D eigenvalue weighted by Crippen LogP contribution is -2.10. The van der Waals surface area contributed by atoms with E-state index in [1.54, 1.807) is 34.4 Å². The van der Waals surface area contributed by atoms with Crippen LogP contribution >= 0.6 is 45.8 Å². The predicted molar refractivity (Wildman–Crippen MR) is 105 cm³/mol. The van der Waals surface area contributed by atoms with E-state index < -0.39 is 0 Å². The maximum absolute atomic E-state index is 12.6. The van der Waals surface area contributed by atoms with Gasteiger partial charge in [-0.25, -0.2) is 9.97 Å². The van der Waals surface area contributed by atoms with Crippen molar-refractivity contribution in [3.05, 3.63) is 49.6 Å². The number of rotatable bonds is 4. The Morgan fingerprint density at radius 3 is 2.75 bits per heavy atom. The summed E-state index contributed by atoms with van der Waals surface area (Å²) in [4.78, 5) is 27.7. The third kappa shape index (κ3) is 3.06. The average Bonchev–Trinajstić information content (AvgIpc) is 3.25. The monoisotopic (exact) mass is 391 g/mol. The molecule has 8 heteroatoms. The summed E-state index contributed by atoms with van der Waals surface area (Å²) in [5.74, 6) is 1.31. The molecule has 0 spiro atoms. The van der Waals surface area contributed by atoms with Gasteiger partial charge in [-0.15, -0.1) is 34.0 Å². The quantitative estimate of drug-likeness (QED) is 0.493. The first-order valence-electron chi connectivity index (χ1n) is 7.22. The molecule has 4 rings (SSSR count). The minimum absolute atomic E-state index is 0.0618. The van der Waals surface area contributed by atoms with Gasteiger partial charge in [-0.3, -0.25) is 4.79 Å². The van der Waals surface area contributed by atoms with E-state index in [2.05, 4.69) is 34.0 Å². The molecule has 4 aromatic heterocycles. The highest BCUT2D eigenvalue weighted by molar-refractivity contribution is 8.00. The van der Waals surface area contributed by atoms with Gasteiger partial charge in [0.05, 0.1) is 11.1 Å². The number of hydrogen-bond donors (Lipinski definition) is 1. The summed E-state index contributed by atoms with van der Waals surface area (Å²) < 4.78 is 0.996. The summed E-state index contributed by atoms with van der Waals surface area (Å²) in [5, 5.41) is 4.75. The zero-order valence-electron chi connectivity index (χ0n) is 13.0. The summed E-state index contributed by atoms with van der Waals surface area (Å²) in [6.07, 6.45) is 0. The lowest BCUT2D eigenvalue weighted by molar-refractivity contribution is 1.04. The van der Waals surface area contributed by atoms with Crippen molar-refractivity contribution >= 4 is 56.0 Å². The predicted octanol–water partition coefficient (Wildman–Crippen LogP) is 5.08. The highest BCUT2D eigenvalue weighted by Gasteiger charge is 2.14. The van der Waals surface area contributed by atoms with E-state index in [0.717, 1.165) is 25.3 Å². The van der Waals surface area contributed by atoms with Crippen molar-refractivity contribution < 1.29 is 0 Å². The SMILES string of the molecule is Cc1csc(SCc2nc3scc(-c4ccc(C)s4)c3c(=O)[nH]2)n1. The maximum Gasteiger partial charge on any atom is 0.260 e. The largest absolute Gasteiger partial charge is 0.309 e. The van der Waals surface area contributed by atoms with Gasteiger partial charge in [0.1, 0.15) is 10.7 Å². The van der Waals surface area contributed by atoms with Crippen LogP contribution in [0.15, 0.2) is 32.0 Å². The van der Waals surface area contributed by atoms with E-state index in [0.29, 0.717) is 17.0 Å². The number of thiophene rings is 2. The van der Waals surface area contributed by atoms with Crippen molar-refractivity contribution in [2.45, 2.75) is 23.9 Å². The van der Waals surface area contributed by atoms with E-state index in [9.17, 15) is 4.79 Å². The third-order valence-electron chi connectivity index (χ3n) is 3.43. The van der Waals surface area contributed by atoms with Gasteiger partial charge in [0.2, 0.25) is 0 Å². The number of aromatic amines is 1. The standard InChI is InChI=1S/C16H13N3OS4/c1-8-5-22-16(17-8)23-7-12-18-14(20)13-10(6-21-15(13)19-12)11-4-3-9(2)24-11/h3-6H,7H2,1-2H3,(H,18,19,20). The minimum atomic E-state index is -0.0618. The second-order valence-electron chi connectivity index (χ2n) is 5.30. The maximum atomic E-state index is 12.6. The van der Waals surface area contributed by atoms with Crippen LogP contribution in [-0.2, 0) is 5.75 Å². The molecular formula is C16H13N3OS4. The van der Waals surface area contributed by atoms with Crippen LogP contribution in [0.3, 0.4) is 0 Å². The van der Waals surface area contributed by atoms with E-state index in [4.69, 9.17) is 0 Å². The number of thiazole rings is 1. The molecule has 0 radical (unpaired) electrons. The Morgan fingerprint density at radius 1 is 1.17 bits per heavy atom. The molecule has 0 saturated carbocycles. The third-order valence-corrected chi connectivity index (χ3v) is 7.49. The van der Waals surface area contributed by atoms with Crippen LogP contribution in [0.5, 0.6) is 0 Å². The van der Waals surface area contributed by atoms with E-state index in [-0.39, 0.29) is 5.56 Å². The number of hydrogen-bond acceptors (Lipinski definition) is 7. The first-order valence-corrected chi connectivity index (χ1v) is 10.8. The molecule has 0 fully saturated rings. The number of nitrogens with zero attached hydrogens (tertiary/aromatic N) is 2. The first-order chi connectivity index (χ1) is 11.6. The molecule has 24 heavy (non-hydrogen) atoms. The fourth-order valence-corrected chi connectivity index (χ4v) is 5.99. The second kappa shape index (κ2) is 6.44. The molecule has 4 heterocycles. The van der Waals surface area contributed by atoms with Gasteiger partial charge in [-0.1, -0.05) is 11.8 Å². The normalized spacial score (nSPS) is 11.4. The highest BCUT2D eigenvalue weighted by atomic mass is 32.2. The number of H-pyrrole nitrogens is 1. The lowest BCUT2D eigenvalue weighted by Gasteiger charge is -2.00. The summed E-state index contributed by atoms with van der Waals surface area (Å²) in [7, 11) is 0. The van der Waals surface area contributed by atoms with Crippen molar-refractivity contribution in [2.24, 2.45) is 0 Å². The van der Waals surface area contributed by atoms with Crippen LogP contribution in [0.4, 0.5) is 0 Å². The topological polar surface area (TPSA) is 58.6 Å². The van der Waals surface area contributed by atoms with Crippen molar-refractivity contribution in [3.63, 3.8) is 0 Å². The Labute approximate surface area is 154 Å². The van der Waals surface area contributed by atoms with Crippen LogP contribution in [0, 0.1) is 13.8 Å². The lowest BCUT2D eigenvalue weighted by atomic mass is 10.2.